The van der Waals surface area contributed by atoms with E-state index in [1.165, 1.54) is 4.90 Å². The SMILES string of the molecule is Cc1cccc(N(CN2C(=O)C3C4C=CC(C5CC45)C3C2=O)C(=O)c2ccc(Cl)cc2)c1C. The maximum atomic E-state index is 13.7. The predicted octanol–water partition coefficient (Wildman–Crippen LogP) is 4.61. The highest BCUT2D eigenvalue weighted by molar-refractivity contribution is 6.30. The Labute approximate surface area is 198 Å². The van der Waals surface area contributed by atoms with Gasteiger partial charge in [0.15, 0.2) is 0 Å². The third-order valence-electron chi connectivity index (χ3n) is 8.24. The molecule has 0 aromatic heterocycles. The van der Waals surface area contributed by atoms with Crippen molar-refractivity contribution in [3.63, 3.8) is 0 Å². The number of hydrogen-bond acceptors (Lipinski definition) is 3. The second-order valence-electron chi connectivity index (χ2n) is 9.86. The fourth-order valence-corrected chi connectivity index (χ4v) is 6.45. The molecular weight excluding hydrogens is 436 g/mol. The van der Waals surface area contributed by atoms with Crippen LogP contribution in [-0.4, -0.2) is 29.3 Å². The molecule has 3 fully saturated rings. The lowest BCUT2D eigenvalue weighted by Crippen LogP contribution is -2.45. The molecule has 2 bridgehead atoms. The minimum atomic E-state index is -0.276. The summed E-state index contributed by atoms with van der Waals surface area (Å²) in [5.74, 6) is 0.333. The normalized spacial score (nSPS) is 30.9. The minimum Gasteiger partial charge on any atom is -0.289 e. The summed E-state index contributed by atoms with van der Waals surface area (Å²) in [4.78, 5) is 43.6. The number of hydrogen-bond donors (Lipinski definition) is 0. The Kier molecular flexibility index (Phi) is 4.57. The first kappa shape index (κ1) is 20.7. The Morgan fingerprint density at radius 1 is 0.970 bits per heavy atom. The lowest BCUT2D eigenvalue weighted by molar-refractivity contribution is -0.140. The number of benzene rings is 2. The zero-order valence-electron chi connectivity index (χ0n) is 18.6. The first-order valence-corrected chi connectivity index (χ1v) is 11.9. The van der Waals surface area contributed by atoms with Crippen LogP contribution in [0.3, 0.4) is 0 Å². The quantitative estimate of drug-likeness (QED) is 0.494. The van der Waals surface area contributed by atoms with Gasteiger partial charge in [-0.2, -0.15) is 0 Å². The van der Waals surface area contributed by atoms with Crippen LogP contribution in [0.15, 0.2) is 54.6 Å². The molecule has 33 heavy (non-hydrogen) atoms. The van der Waals surface area contributed by atoms with Gasteiger partial charge in [-0.3, -0.25) is 24.2 Å². The monoisotopic (exact) mass is 460 g/mol. The summed E-state index contributed by atoms with van der Waals surface area (Å²) in [6.07, 6.45) is 5.45. The molecule has 3 amide bonds. The Morgan fingerprint density at radius 2 is 1.58 bits per heavy atom. The van der Waals surface area contributed by atoms with E-state index >= 15 is 0 Å². The molecule has 168 valence electrons. The van der Waals surface area contributed by atoms with Gasteiger partial charge < -0.3 is 0 Å². The molecule has 4 aliphatic carbocycles. The molecule has 2 aromatic rings. The van der Waals surface area contributed by atoms with Crippen LogP contribution in [-0.2, 0) is 9.59 Å². The molecule has 1 aliphatic heterocycles. The topological polar surface area (TPSA) is 57.7 Å². The highest BCUT2D eigenvalue weighted by Crippen LogP contribution is 2.65. The lowest BCUT2D eigenvalue weighted by atomic mass is 9.63. The standard InChI is InChI=1S/C27H25ClN2O3/c1-14-4-3-5-22(15(14)2)29(25(31)16-6-8-17(28)9-7-16)13-30-26(32)23-18-10-11-19(21-12-20(18)21)24(23)27(30)33/h3-11,18-21,23-24H,12-13H2,1-2H3. The first-order valence-electron chi connectivity index (χ1n) is 11.5. The number of amides is 3. The van der Waals surface area contributed by atoms with Gasteiger partial charge in [0.25, 0.3) is 5.91 Å². The molecule has 0 radical (unpaired) electrons. The zero-order chi connectivity index (χ0) is 23.0. The summed E-state index contributed by atoms with van der Waals surface area (Å²) in [6, 6.07) is 12.4. The molecule has 2 saturated carbocycles. The van der Waals surface area contributed by atoms with Gasteiger partial charge in [-0.25, -0.2) is 0 Å². The maximum Gasteiger partial charge on any atom is 0.259 e. The van der Waals surface area contributed by atoms with Crippen molar-refractivity contribution < 1.29 is 14.4 Å². The van der Waals surface area contributed by atoms with Crippen LogP contribution >= 0.6 is 11.6 Å². The van der Waals surface area contributed by atoms with Crippen LogP contribution < -0.4 is 4.90 Å². The van der Waals surface area contributed by atoms with Crippen molar-refractivity contribution in [1.82, 2.24) is 4.90 Å². The van der Waals surface area contributed by atoms with Gasteiger partial charge in [0.05, 0.1) is 11.8 Å². The third kappa shape index (κ3) is 3.02. The average molecular weight is 461 g/mol. The Morgan fingerprint density at radius 3 is 2.18 bits per heavy atom. The second-order valence-corrected chi connectivity index (χ2v) is 10.3. The minimum absolute atomic E-state index is 0.0782. The number of rotatable bonds is 4. The fraction of sp³-hybridized carbons (Fsp3) is 0.370. The summed E-state index contributed by atoms with van der Waals surface area (Å²) in [5.41, 5.74) is 3.14. The highest BCUT2D eigenvalue weighted by Gasteiger charge is 2.67. The highest BCUT2D eigenvalue weighted by atomic mass is 35.5. The van der Waals surface area contributed by atoms with Crippen LogP contribution in [0.5, 0.6) is 0 Å². The van der Waals surface area contributed by atoms with E-state index in [0.717, 1.165) is 17.5 Å². The van der Waals surface area contributed by atoms with E-state index in [4.69, 9.17) is 11.6 Å². The number of carbonyl (C=O) groups is 3. The van der Waals surface area contributed by atoms with Gasteiger partial charge in [-0.05, 0) is 85.4 Å². The lowest BCUT2D eigenvalue weighted by Gasteiger charge is -2.37. The molecule has 7 rings (SSSR count). The van der Waals surface area contributed by atoms with Gasteiger partial charge in [0.1, 0.15) is 6.67 Å². The van der Waals surface area contributed by atoms with Crippen molar-refractivity contribution >= 4 is 35.0 Å². The number of halogens is 1. The molecule has 1 heterocycles. The van der Waals surface area contributed by atoms with Gasteiger partial charge in [-0.1, -0.05) is 35.9 Å². The van der Waals surface area contributed by atoms with Crippen LogP contribution in [0, 0.1) is 49.4 Å². The van der Waals surface area contributed by atoms with Crippen molar-refractivity contribution in [2.24, 2.45) is 35.5 Å². The maximum absolute atomic E-state index is 13.7. The van der Waals surface area contributed by atoms with Crippen LogP contribution in [0.1, 0.15) is 27.9 Å². The smallest absolute Gasteiger partial charge is 0.259 e. The van der Waals surface area contributed by atoms with E-state index in [2.05, 4.69) is 12.2 Å². The van der Waals surface area contributed by atoms with Crippen LogP contribution in [0.4, 0.5) is 5.69 Å². The van der Waals surface area contributed by atoms with Crippen molar-refractivity contribution in [2.45, 2.75) is 20.3 Å². The van der Waals surface area contributed by atoms with E-state index < -0.39 is 0 Å². The van der Waals surface area contributed by atoms with E-state index in [1.54, 1.807) is 29.2 Å². The van der Waals surface area contributed by atoms with Gasteiger partial charge in [-0.15, -0.1) is 0 Å². The summed E-state index contributed by atoms with van der Waals surface area (Å²) in [5, 5.41) is 0.542. The fourth-order valence-electron chi connectivity index (χ4n) is 6.33. The van der Waals surface area contributed by atoms with Gasteiger partial charge in [0, 0.05) is 16.3 Å². The van der Waals surface area contributed by atoms with Crippen molar-refractivity contribution in [3.05, 3.63) is 76.3 Å². The first-order chi connectivity index (χ1) is 15.9. The van der Waals surface area contributed by atoms with Crippen molar-refractivity contribution in [1.29, 1.82) is 0 Å². The Balaban J connectivity index is 1.37. The number of carbonyl (C=O) groups excluding carboxylic acids is 3. The number of likely N-dealkylation sites (tertiary alicyclic amines) is 1. The summed E-state index contributed by atoms with van der Waals surface area (Å²) < 4.78 is 0. The molecular formula is C27H25ClN2O3. The number of anilines is 1. The molecule has 6 unspecified atom stereocenters. The van der Waals surface area contributed by atoms with Crippen molar-refractivity contribution in [2.75, 3.05) is 11.6 Å². The van der Waals surface area contributed by atoms with Crippen molar-refractivity contribution in [3.8, 4) is 0 Å². The van der Waals surface area contributed by atoms with Gasteiger partial charge in [0.2, 0.25) is 11.8 Å². The summed E-state index contributed by atoms with van der Waals surface area (Å²) in [6.45, 7) is 3.86. The van der Waals surface area contributed by atoms with Crippen LogP contribution in [0.2, 0.25) is 5.02 Å². The summed E-state index contributed by atoms with van der Waals surface area (Å²) in [7, 11) is 0. The third-order valence-corrected chi connectivity index (χ3v) is 8.49. The predicted molar refractivity (Wildman–Crippen MR) is 126 cm³/mol. The van der Waals surface area contributed by atoms with E-state index in [-0.39, 0.29) is 48.1 Å². The molecule has 6 atom stereocenters. The Bertz CT molecular complexity index is 1180. The molecule has 5 aliphatic rings. The average Bonchev–Trinajstić information content (AvgIpc) is 3.60. The summed E-state index contributed by atoms with van der Waals surface area (Å²) >= 11 is 6.02. The van der Waals surface area contributed by atoms with E-state index in [9.17, 15) is 14.4 Å². The molecule has 2 aromatic carbocycles. The number of nitrogens with zero attached hydrogens (tertiary/aromatic N) is 2. The number of aryl methyl sites for hydroxylation is 1. The van der Waals surface area contributed by atoms with E-state index in [1.807, 2.05) is 32.0 Å². The Hall–Kier alpha value is -2.92. The molecule has 6 heteroatoms. The molecule has 0 N–H and O–H groups in total. The van der Waals surface area contributed by atoms with Gasteiger partial charge >= 0.3 is 0 Å². The largest absolute Gasteiger partial charge is 0.289 e. The number of imide groups is 1. The second kappa shape index (κ2) is 7.29. The molecule has 1 saturated heterocycles. The zero-order valence-corrected chi connectivity index (χ0v) is 19.3. The van der Waals surface area contributed by atoms with Crippen LogP contribution in [0.25, 0.3) is 0 Å². The molecule has 5 nitrogen and oxygen atoms in total. The number of allylic oxidation sites excluding steroid dienone is 2. The van der Waals surface area contributed by atoms with E-state index in [0.29, 0.717) is 28.1 Å². The molecule has 0 spiro atoms.